The lowest BCUT2D eigenvalue weighted by molar-refractivity contribution is -0.149. The fourth-order valence-corrected chi connectivity index (χ4v) is 3.77. The average Bonchev–Trinajstić information content (AvgIpc) is 2.63. The summed E-state index contributed by atoms with van der Waals surface area (Å²) in [5.74, 6) is 0.301. The topological polar surface area (TPSA) is 58.6 Å². The molecule has 1 aromatic rings. The van der Waals surface area contributed by atoms with E-state index < -0.39 is 0 Å². The number of carbonyl (C=O) groups excluding carboxylic acids is 2. The molecule has 1 saturated carbocycles. The summed E-state index contributed by atoms with van der Waals surface area (Å²) in [4.78, 5) is 26.4. The van der Waals surface area contributed by atoms with Gasteiger partial charge in [0.15, 0.2) is 0 Å². The van der Waals surface area contributed by atoms with E-state index in [4.69, 9.17) is 4.74 Å². The summed E-state index contributed by atoms with van der Waals surface area (Å²) in [5, 5.41) is 2.75. The van der Waals surface area contributed by atoms with Crippen molar-refractivity contribution in [2.45, 2.75) is 44.8 Å². The van der Waals surface area contributed by atoms with Gasteiger partial charge < -0.3 is 15.0 Å². The molecule has 0 radical (unpaired) electrons. The van der Waals surface area contributed by atoms with Gasteiger partial charge in [0.1, 0.15) is 6.04 Å². The van der Waals surface area contributed by atoms with Gasteiger partial charge in [-0.1, -0.05) is 49.6 Å². The minimum atomic E-state index is -0.313. The van der Waals surface area contributed by atoms with Gasteiger partial charge in [0.05, 0.1) is 19.8 Å². The highest BCUT2D eigenvalue weighted by Crippen LogP contribution is 2.30. The monoisotopic (exact) mass is 330 g/mol. The second kappa shape index (κ2) is 8.29. The van der Waals surface area contributed by atoms with Gasteiger partial charge in [-0.25, -0.2) is 0 Å². The van der Waals surface area contributed by atoms with Crippen molar-refractivity contribution in [1.82, 2.24) is 10.2 Å². The molecule has 1 N–H and O–H groups in total. The van der Waals surface area contributed by atoms with Gasteiger partial charge >= 0.3 is 0 Å². The largest absolute Gasteiger partial charge is 0.375 e. The number of hydrogen-bond acceptors (Lipinski definition) is 3. The molecule has 1 atom stereocenters. The zero-order valence-electron chi connectivity index (χ0n) is 14.1. The lowest BCUT2D eigenvalue weighted by atomic mass is 9.82. The summed E-state index contributed by atoms with van der Waals surface area (Å²) in [7, 11) is 0. The van der Waals surface area contributed by atoms with Crippen LogP contribution in [0.3, 0.4) is 0 Å². The Morgan fingerprint density at radius 1 is 1.08 bits per heavy atom. The SMILES string of the molecule is O=C1NCC(=O)N(CCOCc2ccccc2)C1C1CCCCC1. The molecule has 130 valence electrons. The lowest BCUT2D eigenvalue weighted by Crippen LogP contribution is -2.61. The van der Waals surface area contributed by atoms with Crippen LogP contribution in [-0.2, 0) is 20.9 Å². The highest BCUT2D eigenvalue weighted by atomic mass is 16.5. The van der Waals surface area contributed by atoms with E-state index in [1.807, 2.05) is 30.3 Å². The molecule has 24 heavy (non-hydrogen) atoms. The Morgan fingerprint density at radius 2 is 1.83 bits per heavy atom. The summed E-state index contributed by atoms with van der Waals surface area (Å²) in [6, 6.07) is 9.66. The Balaban J connectivity index is 1.55. The molecule has 1 unspecified atom stereocenters. The fraction of sp³-hybridized carbons (Fsp3) is 0.579. The second-order valence-corrected chi connectivity index (χ2v) is 6.69. The minimum absolute atomic E-state index is 0.00422. The van der Waals surface area contributed by atoms with Crippen molar-refractivity contribution in [2.24, 2.45) is 5.92 Å². The quantitative estimate of drug-likeness (QED) is 0.813. The van der Waals surface area contributed by atoms with E-state index in [2.05, 4.69) is 5.32 Å². The molecule has 1 saturated heterocycles. The molecule has 1 aromatic carbocycles. The normalized spacial score (nSPS) is 22.5. The number of amides is 2. The first-order chi connectivity index (χ1) is 11.8. The van der Waals surface area contributed by atoms with Gasteiger partial charge in [-0.05, 0) is 24.3 Å². The lowest BCUT2D eigenvalue weighted by Gasteiger charge is -2.40. The van der Waals surface area contributed by atoms with E-state index in [1.165, 1.54) is 6.42 Å². The molecular weight excluding hydrogens is 304 g/mol. The number of nitrogens with one attached hydrogen (secondary N) is 1. The predicted molar refractivity (Wildman–Crippen MR) is 91.2 cm³/mol. The summed E-state index contributed by atoms with van der Waals surface area (Å²) in [6.45, 7) is 1.58. The first kappa shape index (κ1) is 17.0. The molecule has 2 amide bonds. The molecule has 2 aliphatic rings. The fourth-order valence-electron chi connectivity index (χ4n) is 3.77. The van der Waals surface area contributed by atoms with E-state index in [0.717, 1.165) is 31.2 Å². The van der Waals surface area contributed by atoms with Crippen LogP contribution in [0, 0.1) is 5.92 Å². The molecule has 0 spiro atoms. The van der Waals surface area contributed by atoms with E-state index >= 15 is 0 Å². The van der Waals surface area contributed by atoms with Crippen LogP contribution in [0.25, 0.3) is 0 Å². The van der Waals surface area contributed by atoms with Gasteiger partial charge in [-0.15, -0.1) is 0 Å². The van der Waals surface area contributed by atoms with Gasteiger partial charge in [-0.2, -0.15) is 0 Å². The Hall–Kier alpha value is -1.88. The van der Waals surface area contributed by atoms with Crippen LogP contribution < -0.4 is 5.32 Å². The maximum Gasteiger partial charge on any atom is 0.243 e. The molecule has 1 aliphatic carbocycles. The molecule has 0 aromatic heterocycles. The Kier molecular flexibility index (Phi) is 5.86. The summed E-state index contributed by atoms with van der Waals surface area (Å²) < 4.78 is 5.72. The zero-order valence-corrected chi connectivity index (χ0v) is 14.1. The first-order valence-corrected chi connectivity index (χ1v) is 8.94. The van der Waals surface area contributed by atoms with Crippen molar-refractivity contribution in [2.75, 3.05) is 19.7 Å². The molecule has 2 fully saturated rings. The number of carbonyl (C=O) groups is 2. The number of benzene rings is 1. The van der Waals surface area contributed by atoms with Crippen LogP contribution in [0.5, 0.6) is 0 Å². The summed E-state index contributed by atoms with van der Waals surface area (Å²) >= 11 is 0. The smallest absolute Gasteiger partial charge is 0.243 e. The molecule has 1 heterocycles. The van der Waals surface area contributed by atoms with Gasteiger partial charge in [0, 0.05) is 6.54 Å². The molecule has 3 rings (SSSR count). The molecule has 5 heteroatoms. The minimum Gasteiger partial charge on any atom is -0.375 e. The van der Waals surface area contributed by atoms with Crippen LogP contribution in [0.4, 0.5) is 0 Å². The Bertz CT molecular complexity index is 555. The van der Waals surface area contributed by atoms with Gasteiger partial charge in [0.25, 0.3) is 0 Å². The van der Waals surface area contributed by atoms with Crippen molar-refractivity contribution in [1.29, 1.82) is 0 Å². The summed E-state index contributed by atoms with van der Waals surface area (Å²) in [5.41, 5.74) is 1.11. The standard InChI is InChI=1S/C19H26N2O3/c22-17-13-20-19(23)18(16-9-5-2-6-10-16)21(17)11-12-24-14-15-7-3-1-4-8-15/h1,3-4,7-8,16,18H,2,5-6,9-14H2,(H,20,23). The van der Waals surface area contributed by atoms with E-state index in [9.17, 15) is 9.59 Å². The molecule has 0 bridgehead atoms. The highest BCUT2D eigenvalue weighted by Gasteiger charge is 2.39. The van der Waals surface area contributed by atoms with Crippen LogP contribution >= 0.6 is 0 Å². The number of piperazine rings is 1. The van der Waals surface area contributed by atoms with Crippen molar-refractivity contribution < 1.29 is 14.3 Å². The van der Waals surface area contributed by atoms with Crippen molar-refractivity contribution >= 4 is 11.8 Å². The van der Waals surface area contributed by atoms with Crippen molar-refractivity contribution in [3.8, 4) is 0 Å². The summed E-state index contributed by atoms with van der Waals surface area (Å²) in [6.07, 6.45) is 5.61. The number of ether oxygens (including phenoxy) is 1. The number of hydrogen-bond donors (Lipinski definition) is 1. The van der Waals surface area contributed by atoms with Gasteiger partial charge in [-0.3, -0.25) is 9.59 Å². The number of rotatable bonds is 6. The predicted octanol–water partition coefficient (Wildman–Crippen LogP) is 2.11. The Morgan fingerprint density at radius 3 is 2.58 bits per heavy atom. The van der Waals surface area contributed by atoms with E-state index in [-0.39, 0.29) is 30.3 Å². The molecular formula is C19H26N2O3. The van der Waals surface area contributed by atoms with Crippen molar-refractivity contribution in [3.05, 3.63) is 35.9 Å². The van der Waals surface area contributed by atoms with Gasteiger partial charge in [0.2, 0.25) is 11.8 Å². The third kappa shape index (κ3) is 4.15. The first-order valence-electron chi connectivity index (χ1n) is 8.94. The average molecular weight is 330 g/mol. The third-order valence-electron chi connectivity index (χ3n) is 5.02. The highest BCUT2D eigenvalue weighted by molar-refractivity contribution is 5.95. The second-order valence-electron chi connectivity index (χ2n) is 6.69. The molecule has 1 aliphatic heterocycles. The van der Waals surface area contributed by atoms with E-state index in [1.54, 1.807) is 4.90 Å². The number of nitrogens with zero attached hydrogens (tertiary/aromatic N) is 1. The third-order valence-corrected chi connectivity index (χ3v) is 5.02. The van der Waals surface area contributed by atoms with Crippen molar-refractivity contribution in [3.63, 3.8) is 0 Å². The van der Waals surface area contributed by atoms with Crippen LogP contribution in [0.1, 0.15) is 37.7 Å². The van der Waals surface area contributed by atoms with E-state index in [0.29, 0.717) is 19.8 Å². The zero-order chi connectivity index (χ0) is 16.8. The molecule has 5 nitrogen and oxygen atoms in total. The maximum absolute atomic E-state index is 12.4. The van der Waals surface area contributed by atoms with Crippen LogP contribution in [0.15, 0.2) is 30.3 Å². The maximum atomic E-state index is 12.4. The van der Waals surface area contributed by atoms with Crippen LogP contribution in [-0.4, -0.2) is 42.5 Å². The Labute approximate surface area is 143 Å². The van der Waals surface area contributed by atoms with Crippen LogP contribution in [0.2, 0.25) is 0 Å².